The number of nitrogens with one attached hydrogen (secondary N) is 3. The van der Waals surface area contributed by atoms with Crippen LogP contribution in [-0.4, -0.2) is 36.1 Å². The van der Waals surface area contributed by atoms with E-state index in [2.05, 4.69) is 22.9 Å². The smallest absolute Gasteiger partial charge is 0.338 e. The van der Waals surface area contributed by atoms with Crippen LogP contribution in [0.25, 0.3) is 0 Å². The van der Waals surface area contributed by atoms with Gasteiger partial charge in [0, 0.05) is 23.6 Å². The second kappa shape index (κ2) is 12.2. The number of hydrogen-bond donors (Lipinski definition) is 3. The molecule has 8 nitrogen and oxygen atoms in total. The Morgan fingerprint density at radius 3 is 2.39 bits per heavy atom. The van der Waals surface area contributed by atoms with E-state index in [1.165, 1.54) is 0 Å². The molecule has 0 unspecified atom stereocenters. The average molecular weight is 493 g/mol. The minimum Gasteiger partial charge on any atom is -0.462 e. The van der Waals surface area contributed by atoms with Crippen LogP contribution in [0.2, 0.25) is 0 Å². The van der Waals surface area contributed by atoms with Crippen molar-refractivity contribution in [3.63, 3.8) is 0 Å². The Bertz CT molecular complexity index is 1120. The van der Waals surface area contributed by atoms with Crippen molar-refractivity contribution in [3.8, 4) is 0 Å². The quantitative estimate of drug-likeness (QED) is 0.383. The molecule has 36 heavy (non-hydrogen) atoms. The average Bonchev–Trinajstić information content (AvgIpc) is 2.85. The van der Waals surface area contributed by atoms with E-state index in [-0.39, 0.29) is 18.0 Å². The molecule has 1 aliphatic heterocycles. The van der Waals surface area contributed by atoms with Gasteiger partial charge >= 0.3 is 18.0 Å². The lowest BCUT2D eigenvalue weighted by Gasteiger charge is -2.35. The highest BCUT2D eigenvalue weighted by molar-refractivity contribution is 6.00. The number of amides is 4. The van der Waals surface area contributed by atoms with Gasteiger partial charge in [-0.1, -0.05) is 52.0 Å². The molecule has 0 saturated heterocycles. The Morgan fingerprint density at radius 1 is 1.06 bits per heavy atom. The van der Waals surface area contributed by atoms with Crippen LogP contribution >= 0.6 is 0 Å². The van der Waals surface area contributed by atoms with Crippen LogP contribution in [-0.2, 0) is 16.0 Å². The maximum absolute atomic E-state index is 13.1. The summed E-state index contributed by atoms with van der Waals surface area (Å²) in [5.74, 6) is -0.248. The first-order valence-corrected chi connectivity index (χ1v) is 12.5. The Morgan fingerprint density at radius 2 is 1.75 bits per heavy atom. The summed E-state index contributed by atoms with van der Waals surface area (Å²) in [5.41, 5.74) is 4.16. The van der Waals surface area contributed by atoms with E-state index in [0.717, 1.165) is 29.7 Å². The zero-order valence-corrected chi connectivity index (χ0v) is 21.7. The molecular formula is C28H36N4O4. The molecule has 0 radical (unpaired) electrons. The summed E-state index contributed by atoms with van der Waals surface area (Å²) in [5, 5.41) is 8.60. The van der Waals surface area contributed by atoms with Gasteiger partial charge < -0.3 is 20.7 Å². The van der Waals surface area contributed by atoms with Gasteiger partial charge in [-0.25, -0.2) is 14.4 Å². The zero-order chi connectivity index (χ0) is 26.2. The zero-order valence-electron chi connectivity index (χ0n) is 21.7. The monoisotopic (exact) mass is 492 g/mol. The minimum absolute atomic E-state index is 0.194. The van der Waals surface area contributed by atoms with E-state index in [1.54, 1.807) is 36.1 Å². The standard InChI is InChI=1S/C28H36N4O4/c1-6-15-32-19(5)24(26(33)36-17-18(3)4)25(31-28(32)35)21-11-13-22(14-12-21)29-27(34)30-23-10-8-9-20(7-2)16-23/h8-14,16,18,25H,6-7,15,17H2,1-5H3,(H,31,35)(H2,29,30,34)/t25-/m1/s1. The SMILES string of the molecule is CCCN1C(=O)N[C@H](c2ccc(NC(=O)Nc3cccc(CC)c3)cc2)C(C(=O)OCC(C)C)=C1C. The van der Waals surface area contributed by atoms with Crippen LogP contribution in [0.1, 0.15) is 58.2 Å². The normalized spacial score (nSPS) is 15.6. The predicted octanol–water partition coefficient (Wildman–Crippen LogP) is 5.84. The highest BCUT2D eigenvalue weighted by atomic mass is 16.5. The summed E-state index contributed by atoms with van der Waals surface area (Å²) in [4.78, 5) is 39.9. The number of rotatable bonds is 9. The van der Waals surface area contributed by atoms with Crippen LogP contribution in [0.3, 0.4) is 0 Å². The second-order valence-corrected chi connectivity index (χ2v) is 9.28. The van der Waals surface area contributed by atoms with Gasteiger partial charge in [0.05, 0.1) is 18.2 Å². The van der Waals surface area contributed by atoms with E-state index in [0.29, 0.717) is 30.1 Å². The number of benzene rings is 2. The van der Waals surface area contributed by atoms with Crippen molar-refractivity contribution in [3.05, 3.63) is 70.9 Å². The number of allylic oxidation sites excluding steroid dienone is 1. The van der Waals surface area contributed by atoms with Crippen LogP contribution in [0.4, 0.5) is 21.0 Å². The topological polar surface area (TPSA) is 99.8 Å². The van der Waals surface area contributed by atoms with Crippen molar-refractivity contribution in [2.75, 3.05) is 23.8 Å². The fraction of sp³-hybridized carbons (Fsp3) is 0.393. The molecule has 0 fully saturated rings. The summed E-state index contributed by atoms with van der Waals surface area (Å²) >= 11 is 0. The second-order valence-electron chi connectivity index (χ2n) is 9.28. The molecule has 0 aliphatic carbocycles. The molecular weight excluding hydrogens is 456 g/mol. The number of carbonyl (C=O) groups is 3. The van der Waals surface area contributed by atoms with Crippen molar-refractivity contribution in [1.82, 2.24) is 10.2 Å². The molecule has 0 bridgehead atoms. The van der Waals surface area contributed by atoms with Gasteiger partial charge in [-0.3, -0.25) is 4.90 Å². The van der Waals surface area contributed by atoms with Crippen LogP contribution < -0.4 is 16.0 Å². The molecule has 0 aromatic heterocycles. The Hall–Kier alpha value is -3.81. The van der Waals surface area contributed by atoms with E-state index in [4.69, 9.17) is 4.74 Å². The Kier molecular flexibility index (Phi) is 9.11. The van der Waals surface area contributed by atoms with Gasteiger partial charge in [-0.2, -0.15) is 0 Å². The lowest BCUT2D eigenvalue weighted by molar-refractivity contribution is -0.140. The van der Waals surface area contributed by atoms with E-state index in [1.807, 2.05) is 45.0 Å². The third kappa shape index (κ3) is 6.65. The summed E-state index contributed by atoms with van der Waals surface area (Å²) in [7, 11) is 0. The van der Waals surface area contributed by atoms with Gasteiger partial charge in [0.15, 0.2) is 0 Å². The van der Waals surface area contributed by atoms with Crippen molar-refractivity contribution in [2.45, 2.75) is 53.5 Å². The number of hydrogen-bond acceptors (Lipinski definition) is 4. The first-order valence-electron chi connectivity index (χ1n) is 12.5. The third-order valence-corrected chi connectivity index (χ3v) is 5.91. The summed E-state index contributed by atoms with van der Waals surface area (Å²) in [6.45, 7) is 10.6. The van der Waals surface area contributed by atoms with E-state index < -0.39 is 12.0 Å². The van der Waals surface area contributed by atoms with Crippen molar-refractivity contribution in [2.24, 2.45) is 5.92 Å². The van der Waals surface area contributed by atoms with Crippen molar-refractivity contribution < 1.29 is 19.1 Å². The maximum Gasteiger partial charge on any atom is 0.338 e. The molecule has 0 spiro atoms. The van der Waals surface area contributed by atoms with Crippen molar-refractivity contribution in [1.29, 1.82) is 0 Å². The largest absolute Gasteiger partial charge is 0.462 e. The van der Waals surface area contributed by atoms with Gasteiger partial charge in [-0.05, 0) is 61.1 Å². The molecule has 2 aromatic carbocycles. The number of urea groups is 2. The molecule has 2 aromatic rings. The molecule has 1 aliphatic rings. The molecule has 3 rings (SSSR count). The molecule has 0 saturated carbocycles. The Labute approximate surface area is 213 Å². The maximum atomic E-state index is 13.1. The first kappa shape index (κ1) is 26.8. The number of anilines is 2. The van der Waals surface area contributed by atoms with Gasteiger partial charge in [0.2, 0.25) is 0 Å². The number of nitrogens with zero attached hydrogens (tertiary/aromatic N) is 1. The highest BCUT2D eigenvalue weighted by Crippen LogP contribution is 2.32. The molecule has 3 N–H and O–H groups in total. The van der Waals surface area contributed by atoms with E-state index >= 15 is 0 Å². The van der Waals surface area contributed by atoms with Crippen LogP contribution in [0, 0.1) is 5.92 Å². The number of ether oxygens (including phenoxy) is 1. The van der Waals surface area contributed by atoms with Crippen molar-refractivity contribution >= 4 is 29.4 Å². The minimum atomic E-state index is -0.648. The summed E-state index contributed by atoms with van der Waals surface area (Å²) in [6, 6.07) is 13.5. The number of carbonyl (C=O) groups excluding carboxylic acids is 3. The molecule has 192 valence electrons. The first-order chi connectivity index (χ1) is 17.2. The number of esters is 1. The fourth-order valence-corrected chi connectivity index (χ4v) is 4.03. The summed E-state index contributed by atoms with van der Waals surface area (Å²) < 4.78 is 5.54. The van der Waals surface area contributed by atoms with E-state index in [9.17, 15) is 14.4 Å². The Balaban J connectivity index is 1.78. The highest BCUT2D eigenvalue weighted by Gasteiger charge is 2.36. The third-order valence-electron chi connectivity index (χ3n) is 5.91. The lowest BCUT2D eigenvalue weighted by Crippen LogP contribution is -2.48. The predicted molar refractivity (Wildman–Crippen MR) is 142 cm³/mol. The van der Waals surface area contributed by atoms with Crippen LogP contribution in [0.5, 0.6) is 0 Å². The van der Waals surface area contributed by atoms with Crippen LogP contribution in [0.15, 0.2) is 59.8 Å². The van der Waals surface area contributed by atoms with Gasteiger partial charge in [0.25, 0.3) is 0 Å². The molecule has 8 heteroatoms. The molecule has 1 atom stereocenters. The lowest BCUT2D eigenvalue weighted by atomic mass is 9.94. The van der Waals surface area contributed by atoms with Gasteiger partial charge in [-0.15, -0.1) is 0 Å². The molecule has 4 amide bonds. The molecule has 1 heterocycles. The number of aryl methyl sites for hydroxylation is 1. The van der Waals surface area contributed by atoms with Gasteiger partial charge in [0.1, 0.15) is 0 Å². The fourth-order valence-electron chi connectivity index (χ4n) is 4.03. The summed E-state index contributed by atoms with van der Waals surface area (Å²) in [6.07, 6.45) is 1.64.